The highest BCUT2D eigenvalue weighted by Gasteiger charge is 2.06. The molecule has 15 heavy (non-hydrogen) atoms. The number of aliphatic carboxylic acids is 1. The zero-order valence-corrected chi connectivity index (χ0v) is 9.30. The van der Waals surface area contributed by atoms with Crippen molar-refractivity contribution in [2.75, 3.05) is 7.11 Å². The number of benzene rings is 1. The summed E-state index contributed by atoms with van der Waals surface area (Å²) in [6.07, 6.45) is 2.24. The van der Waals surface area contributed by atoms with Gasteiger partial charge in [0.2, 0.25) is 0 Å². The molecule has 0 fully saturated rings. The highest BCUT2D eigenvalue weighted by atomic mass is 35.5. The molecule has 0 unspecified atom stereocenters. The fourth-order valence-corrected chi connectivity index (χ4v) is 1.69. The Balaban J connectivity index is 3.09. The third-order valence-corrected chi connectivity index (χ3v) is 2.20. The van der Waals surface area contributed by atoms with E-state index in [0.717, 1.165) is 6.08 Å². The molecule has 1 aromatic carbocycles. The van der Waals surface area contributed by atoms with Crippen molar-refractivity contribution in [2.24, 2.45) is 0 Å². The number of carboxylic acids is 1. The Hall–Kier alpha value is -1.19. The molecule has 0 atom stereocenters. The van der Waals surface area contributed by atoms with Crippen LogP contribution in [0.25, 0.3) is 6.08 Å². The Bertz CT molecular complexity index is 390. The van der Waals surface area contributed by atoms with E-state index in [0.29, 0.717) is 21.4 Å². The van der Waals surface area contributed by atoms with Gasteiger partial charge in [0.1, 0.15) is 0 Å². The Labute approximate surface area is 96.9 Å². The number of carbonyl (C=O) groups is 1. The van der Waals surface area contributed by atoms with E-state index in [1.165, 1.54) is 13.2 Å². The number of methoxy groups -OCH3 is 1. The zero-order chi connectivity index (χ0) is 11.4. The molecule has 0 saturated carbocycles. The second-order valence-corrected chi connectivity index (χ2v) is 3.48. The fourth-order valence-electron chi connectivity index (χ4n) is 1.03. The third kappa shape index (κ3) is 3.15. The molecular formula is C10H7Cl2O3-. The molecule has 3 nitrogen and oxygen atoms in total. The molecule has 0 aliphatic carbocycles. The molecule has 0 saturated heterocycles. The van der Waals surface area contributed by atoms with E-state index >= 15 is 0 Å². The van der Waals surface area contributed by atoms with Crippen molar-refractivity contribution >= 4 is 35.2 Å². The second kappa shape index (κ2) is 5.05. The molecule has 0 N–H and O–H groups in total. The maximum absolute atomic E-state index is 10.2. The van der Waals surface area contributed by atoms with Crippen molar-refractivity contribution in [1.29, 1.82) is 0 Å². The van der Waals surface area contributed by atoms with Crippen molar-refractivity contribution in [3.63, 3.8) is 0 Å². The first kappa shape index (κ1) is 11.9. The number of hydrogen-bond acceptors (Lipinski definition) is 3. The van der Waals surface area contributed by atoms with Crippen molar-refractivity contribution in [3.8, 4) is 5.75 Å². The van der Waals surface area contributed by atoms with E-state index in [1.54, 1.807) is 12.1 Å². The number of hydrogen-bond donors (Lipinski definition) is 0. The van der Waals surface area contributed by atoms with Gasteiger partial charge in [-0.25, -0.2) is 0 Å². The van der Waals surface area contributed by atoms with Gasteiger partial charge in [0.25, 0.3) is 0 Å². The number of rotatable bonds is 3. The fraction of sp³-hybridized carbons (Fsp3) is 0.100. The summed E-state index contributed by atoms with van der Waals surface area (Å²) in [5, 5.41) is 10.8. The summed E-state index contributed by atoms with van der Waals surface area (Å²) in [6.45, 7) is 0. The summed E-state index contributed by atoms with van der Waals surface area (Å²) in [7, 11) is 1.45. The Morgan fingerprint density at radius 2 is 1.93 bits per heavy atom. The molecule has 0 amide bonds. The standard InChI is InChI=1S/C10H8Cl2O3/c1-15-10-7(11)4-6(5-8(10)12)2-3-9(13)14/h2-5H,1H3,(H,13,14)/p-1/b3-2+. The molecule has 0 aliphatic rings. The average molecular weight is 246 g/mol. The summed E-state index contributed by atoms with van der Waals surface area (Å²) >= 11 is 11.7. The van der Waals surface area contributed by atoms with E-state index in [1.807, 2.05) is 0 Å². The summed E-state index contributed by atoms with van der Waals surface area (Å²) in [5.74, 6) is -0.915. The highest BCUT2D eigenvalue weighted by Crippen LogP contribution is 2.34. The van der Waals surface area contributed by atoms with Crippen LogP contribution in [0.2, 0.25) is 10.0 Å². The van der Waals surface area contributed by atoms with Crippen LogP contribution in [-0.4, -0.2) is 13.1 Å². The van der Waals surface area contributed by atoms with Gasteiger partial charge in [0, 0.05) is 0 Å². The quantitative estimate of drug-likeness (QED) is 0.763. The summed E-state index contributed by atoms with van der Waals surface area (Å²) in [6, 6.07) is 3.09. The molecule has 5 heteroatoms. The minimum absolute atomic E-state index is 0.322. The highest BCUT2D eigenvalue weighted by molar-refractivity contribution is 6.37. The molecule has 0 spiro atoms. The van der Waals surface area contributed by atoms with Crippen molar-refractivity contribution < 1.29 is 14.6 Å². The summed E-state index contributed by atoms with van der Waals surface area (Å²) in [4.78, 5) is 10.2. The molecule has 0 heterocycles. The van der Waals surface area contributed by atoms with E-state index in [2.05, 4.69) is 0 Å². The first-order valence-corrected chi connectivity index (χ1v) is 4.72. The second-order valence-electron chi connectivity index (χ2n) is 2.67. The van der Waals surface area contributed by atoms with Gasteiger partial charge in [0.15, 0.2) is 5.75 Å². The smallest absolute Gasteiger partial charge is 0.156 e. The van der Waals surface area contributed by atoms with Crippen LogP contribution in [-0.2, 0) is 4.79 Å². The lowest BCUT2D eigenvalue weighted by atomic mass is 10.2. The van der Waals surface area contributed by atoms with E-state index in [-0.39, 0.29) is 0 Å². The minimum Gasteiger partial charge on any atom is -0.545 e. The molecule has 0 bridgehead atoms. The Morgan fingerprint density at radius 1 is 1.40 bits per heavy atom. The predicted molar refractivity (Wildman–Crippen MR) is 57.1 cm³/mol. The lowest BCUT2D eigenvalue weighted by Crippen LogP contribution is -2.18. The van der Waals surface area contributed by atoms with Crippen LogP contribution in [0.4, 0.5) is 0 Å². The topological polar surface area (TPSA) is 49.4 Å². The maximum atomic E-state index is 10.2. The molecule has 1 rings (SSSR count). The lowest BCUT2D eigenvalue weighted by Gasteiger charge is -2.06. The van der Waals surface area contributed by atoms with Gasteiger partial charge >= 0.3 is 0 Å². The zero-order valence-electron chi connectivity index (χ0n) is 7.79. The molecule has 80 valence electrons. The first-order valence-electron chi connectivity index (χ1n) is 3.96. The number of ether oxygens (including phenoxy) is 1. The molecular weight excluding hydrogens is 239 g/mol. The van der Waals surface area contributed by atoms with Crippen LogP contribution >= 0.6 is 23.2 Å². The maximum Gasteiger partial charge on any atom is 0.156 e. The van der Waals surface area contributed by atoms with Crippen LogP contribution in [0.3, 0.4) is 0 Å². The Morgan fingerprint density at radius 3 is 2.33 bits per heavy atom. The van der Waals surface area contributed by atoms with Gasteiger partial charge in [0.05, 0.1) is 23.1 Å². The van der Waals surface area contributed by atoms with E-state index in [4.69, 9.17) is 27.9 Å². The molecule has 1 aromatic rings. The van der Waals surface area contributed by atoms with Crippen molar-refractivity contribution in [2.45, 2.75) is 0 Å². The lowest BCUT2D eigenvalue weighted by molar-refractivity contribution is -0.297. The third-order valence-electron chi connectivity index (χ3n) is 1.64. The van der Waals surface area contributed by atoms with Gasteiger partial charge < -0.3 is 14.6 Å². The van der Waals surface area contributed by atoms with E-state index in [9.17, 15) is 9.90 Å². The molecule has 0 radical (unpaired) electrons. The van der Waals surface area contributed by atoms with Crippen LogP contribution in [0, 0.1) is 0 Å². The number of halogens is 2. The van der Waals surface area contributed by atoms with Gasteiger partial charge in [-0.3, -0.25) is 0 Å². The van der Waals surface area contributed by atoms with Crippen LogP contribution in [0.5, 0.6) is 5.75 Å². The van der Waals surface area contributed by atoms with Gasteiger partial charge in [-0.2, -0.15) is 0 Å². The predicted octanol–water partition coefficient (Wildman–Crippen LogP) is 1.77. The summed E-state index contributed by atoms with van der Waals surface area (Å²) < 4.78 is 4.94. The van der Waals surface area contributed by atoms with Crippen molar-refractivity contribution in [1.82, 2.24) is 0 Å². The van der Waals surface area contributed by atoms with Crippen LogP contribution in [0.15, 0.2) is 18.2 Å². The van der Waals surface area contributed by atoms with Gasteiger partial charge in [-0.05, 0) is 23.8 Å². The first-order chi connectivity index (χ1) is 7.04. The van der Waals surface area contributed by atoms with Crippen LogP contribution in [0.1, 0.15) is 5.56 Å². The van der Waals surface area contributed by atoms with Gasteiger partial charge in [-0.1, -0.05) is 29.3 Å². The Kier molecular flexibility index (Phi) is 4.00. The number of carboxylic acid groups (broad SMARTS) is 1. The normalized spacial score (nSPS) is 10.6. The SMILES string of the molecule is COc1c(Cl)cc(/C=C/C(=O)[O-])cc1Cl. The molecule has 0 aromatic heterocycles. The van der Waals surface area contributed by atoms with Crippen molar-refractivity contribution in [3.05, 3.63) is 33.8 Å². The number of carbonyl (C=O) groups excluding carboxylic acids is 1. The monoisotopic (exact) mass is 245 g/mol. The largest absolute Gasteiger partial charge is 0.545 e. The average Bonchev–Trinajstić information content (AvgIpc) is 2.14. The van der Waals surface area contributed by atoms with Crippen LogP contribution < -0.4 is 9.84 Å². The summed E-state index contributed by atoms with van der Waals surface area (Å²) in [5.41, 5.74) is 0.565. The van der Waals surface area contributed by atoms with E-state index < -0.39 is 5.97 Å². The van der Waals surface area contributed by atoms with Gasteiger partial charge in [-0.15, -0.1) is 0 Å². The molecule has 0 aliphatic heterocycles. The minimum atomic E-state index is -1.28.